The topological polar surface area (TPSA) is 76.7 Å². The molecule has 1 atom stereocenters. The summed E-state index contributed by atoms with van der Waals surface area (Å²) in [5, 5.41) is 7.95. The summed E-state index contributed by atoms with van der Waals surface area (Å²) in [6.07, 6.45) is 4.75. The van der Waals surface area contributed by atoms with Crippen LogP contribution in [0.15, 0.2) is 53.9 Å². The van der Waals surface area contributed by atoms with E-state index in [9.17, 15) is 9.59 Å². The molecule has 178 valence electrons. The maximum absolute atomic E-state index is 12.9. The van der Waals surface area contributed by atoms with E-state index < -0.39 is 0 Å². The fourth-order valence-corrected chi connectivity index (χ4v) is 4.74. The van der Waals surface area contributed by atoms with Gasteiger partial charge in [0.15, 0.2) is 11.5 Å². The van der Waals surface area contributed by atoms with E-state index in [1.54, 1.807) is 37.4 Å². The lowest BCUT2D eigenvalue weighted by Crippen LogP contribution is -2.27. The average Bonchev–Trinajstić information content (AvgIpc) is 3.55. The van der Waals surface area contributed by atoms with E-state index >= 15 is 0 Å². The lowest BCUT2D eigenvalue weighted by molar-refractivity contribution is 0.0938. The molecule has 1 unspecified atom stereocenters. The maximum atomic E-state index is 12.9. The standard InChI is InChI=1S/C26H27ClN2O4S/c1-16(17-10-12-22(23(15-17)32-2)33-19-6-3-4-7-19)28-25(30)18-9-11-20(27)21(14-18)29-26(31)24-8-5-13-34-24/h5,8-16,19H,3-4,6-7H2,1-2H3,(H,28,30)(H,29,31). The number of rotatable bonds is 8. The normalized spacial score (nSPS) is 14.4. The molecule has 0 spiro atoms. The Morgan fingerprint density at radius 1 is 1.06 bits per heavy atom. The smallest absolute Gasteiger partial charge is 0.265 e. The first-order valence-corrected chi connectivity index (χ1v) is 12.5. The molecule has 2 amide bonds. The summed E-state index contributed by atoms with van der Waals surface area (Å²) in [7, 11) is 1.61. The number of halogens is 1. The third-order valence-corrected chi connectivity index (χ3v) is 7.05. The predicted molar refractivity (Wildman–Crippen MR) is 135 cm³/mol. The third-order valence-electron chi connectivity index (χ3n) is 5.85. The second-order valence-electron chi connectivity index (χ2n) is 8.26. The molecule has 6 nitrogen and oxygen atoms in total. The summed E-state index contributed by atoms with van der Waals surface area (Å²) in [6, 6.07) is 13.8. The van der Waals surface area contributed by atoms with Crippen LogP contribution in [-0.4, -0.2) is 25.0 Å². The molecule has 34 heavy (non-hydrogen) atoms. The molecule has 1 heterocycles. The summed E-state index contributed by atoms with van der Waals surface area (Å²) in [5.74, 6) is 0.826. The molecule has 0 radical (unpaired) electrons. The van der Waals surface area contributed by atoms with Crippen LogP contribution >= 0.6 is 22.9 Å². The van der Waals surface area contributed by atoms with Crippen molar-refractivity contribution < 1.29 is 19.1 Å². The van der Waals surface area contributed by atoms with Gasteiger partial charge in [-0.2, -0.15) is 0 Å². The molecule has 3 aromatic rings. The van der Waals surface area contributed by atoms with E-state index in [4.69, 9.17) is 21.1 Å². The van der Waals surface area contributed by atoms with Gasteiger partial charge in [0.05, 0.1) is 34.8 Å². The summed E-state index contributed by atoms with van der Waals surface area (Å²) in [4.78, 5) is 25.9. The minimum atomic E-state index is -0.277. The highest BCUT2D eigenvalue weighted by Gasteiger charge is 2.20. The van der Waals surface area contributed by atoms with Crippen LogP contribution < -0.4 is 20.1 Å². The Labute approximate surface area is 208 Å². The van der Waals surface area contributed by atoms with Crippen molar-refractivity contribution in [1.29, 1.82) is 0 Å². The zero-order chi connectivity index (χ0) is 24.1. The maximum Gasteiger partial charge on any atom is 0.265 e. The SMILES string of the molecule is COc1cc(C(C)NC(=O)c2ccc(Cl)c(NC(=O)c3cccs3)c2)ccc1OC1CCCC1. The van der Waals surface area contributed by atoms with Gasteiger partial charge in [-0.25, -0.2) is 0 Å². The van der Waals surface area contributed by atoms with Crippen LogP contribution in [0.4, 0.5) is 5.69 Å². The second-order valence-corrected chi connectivity index (χ2v) is 9.61. The molecule has 8 heteroatoms. The van der Waals surface area contributed by atoms with E-state index in [-0.39, 0.29) is 24.0 Å². The molecule has 1 aliphatic carbocycles. The first-order valence-electron chi connectivity index (χ1n) is 11.2. The van der Waals surface area contributed by atoms with Crippen LogP contribution in [0.5, 0.6) is 11.5 Å². The van der Waals surface area contributed by atoms with Crippen LogP contribution in [0.25, 0.3) is 0 Å². The molecule has 1 aromatic heterocycles. The molecule has 1 fully saturated rings. The average molecular weight is 499 g/mol. The van der Waals surface area contributed by atoms with Crippen LogP contribution in [0.1, 0.15) is 64.2 Å². The quantitative estimate of drug-likeness (QED) is 0.373. The predicted octanol–water partition coefficient (Wildman–Crippen LogP) is 6.47. The molecular formula is C26H27ClN2O4S. The number of carbonyl (C=O) groups is 2. The summed E-state index contributed by atoms with van der Waals surface area (Å²) in [5.41, 5.74) is 1.67. The summed E-state index contributed by atoms with van der Waals surface area (Å²) in [6.45, 7) is 1.90. The Kier molecular flexibility index (Phi) is 7.75. The van der Waals surface area contributed by atoms with E-state index in [1.165, 1.54) is 24.2 Å². The number of hydrogen-bond donors (Lipinski definition) is 2. The van der Waals surface area contributed by atoms with Crippen LogP contribution in [0.2, 0.25) is 5.02 Å². The first-order chi connectivity index (χ1) is 16.4. The van der Waals surface area contributed by atoms with Gasteiger partial charge in [-0.1, -0.05) is 23.7 Å². The number of ether oxygens (including phenoxy) is 2. The molecule has 0 aliphatic heterocycles. The number of amides is 2. The zero-order valence-electron chi connectivity index (χ0n) is 19.1. The van der Waals surface area contributed by atoms with Gasteiger partial charge in [0.1, 0.15) is 0 Å². The molecule has 1 saturated carbocycles. The number of hydrogen-bond acceptors (Lipinski definition) is 5. The minimum absolute atomic E-state index is 0.233. The Hall–Kier alpha value is -3.03. The monoisotopic (exact) mass is 498 g/mol. The fraction of sp³-hybridized carbons (Fsp3) is 0.308. The van der Waals surface area contributed by atoms with Crippen molar-refractivity contribution in [2.24, 2.45) is 0 Å². The van der Waals surface area contributed by atoms with Crippen molar-refractivity contribution in [1.82, 2.24) is 5.32 Å². The number of nitrogens with one attached hydrogen (secondary N) is 2. The van der Waals surface area contributed by atoms with Crippen molar-refractivity contribution in [2.75, 3.05) is 12.4 Å². The van der Waals surface area contributed by atoms with Gasteiger partial charge < -0.3 is 20.1 Å². The zero-order valence-corrected chi connectivity index (χ0v) is 20.7. The van der Waals surface area contributed by atoms with Crippen molar-refractivity contribution in [2.45, 2.75) is 44.8 Å². The summed E-state index contributed by atoms with van der Waals surface area (Å²) < 4.78 is 11.6. The number of carbonyl (C=O) groups excluding carboxylic acids is 2. The van der Waals surface area contributed by atoms with Gasteiger partial charge in [-0.05, 0) is 79.9 Å². The van der Waals surface area contributed by atoms with Gasteiger partial charge in [0.25, 0.3) is 11.8 Å². The number of thiophene rings is 1. The molecular weight excluding hydrogens is 472 g/mol. The fourth-order valence-electron chi connectivity index (χ4n) is 3.95. The van der Waals surface area contributed by atoms with Gasteiger partial charge in [-0.3, -0.25) is 9.59 Å². The third kappa shape index (κ3) is 5.72. The van der Waals surface area contributed by atoms with Gasteiger partial charge in [0.2, 0.25) is 0 Å². The van der Waals surface area contributed by atoms with Crippen LogP contribution in [0, 0.1) is 0 Å². The van der Waals surface area contributed by atoms with Gasteiger partial charge in [-0.15, -0.1) is 11.3 Å². The molecule has 4 rings (SSSR count). The van der Waals surface area contributed by atoms with Crippen LogP contribution in [-0.2, 0) is 0 Å². The largest absolute Gasteiger partial charge is 0.493 e. The number of methoxy groups -OCH3 is 1. The van der Waals surface area contributed by atoms with Crippen molar-refractivity contribution in [3.8, 4) is 11.5 Å². The van der Waals surface area contributed by atoms with Crippen LogP contribution in [0.3, 0.4) is 0 Å². The molecule has 0 bridgehead atoms. The highest BCUT2D eigenvalue weighted by atomic mass is 35.5. The highest BCUT2D eigenvalue weighted by Crippen LogP contribution is 2.34. The van der Waals surface area contributed by atoms with E-state index in [0.29, 0.717) is 26.9 Å². The summed E-state index contributed by atoms with van der Waals surface area (Å²) >= 11 is 7.58. The van der Waals surface area contributed by atoms with E-state index in [2.05, 4.69) is 10.6 Å². The van der Waals surface area contributed by atoms with E-state index in [1.807, 2.05) is 30.5 Å². The van der Waals surface area contributed by atoms with Crippen molar-refractivity contribution in [3.05, 3.63) is 74.9 Å². The van der Waals surface area contributed by atoms with E-state index in [0.717, 1.165) is 24.2 Å². The second kappa shape index (κ2) is 10.9. The van der Waals surface area contributed by atoms with Gasteiger partial charge in [0, 0.05) is 5.56 Å². The van der Waals surface area contributed by atoms with Crippen molar-refractivity contribution >= 4 is 40.4 Å². The Morgan fingerprint density at radius 2 is 1.85 bits per heavy atom. The molecule has 1 aliphatic rings. The highest BCUT2D eigenvalue weighted by molar-refractivity contribution is 7.12. The minimum Gasteiger partial charge on any atom is -0.493 e. The van der Waals surface area contributed by atoms with Gasteiger partial charge >= 0.3 is 0 Å². The first kappa shape index (κ1) is 24.1. The Morgan fingerprint density at radius 3 is 2.56 bits per heavy atom. The Balaban J connectivity index is 1.44. The molecule has 2 N–H and O–H groups in total. The number of benzene rings is 2. The molecule has 2 aromatic carbocycles. The van der Waals surface area contributed by atoms with Crippen molar-refractivity contribution in [3.63, 3.8) is 0 Å². The molecule has 0 saturated heterocycles. The Bertz CT molecular complexity index is 1160. The number of anilines is 1. The lowest BCUT2D eigenvalue weighted by Gasteiger charge is -2.19. The lowest BCUT2D eigenvalue weighted by atomic mass is 10.1.